The smallest absolute Gasteiger partial charge is 0.284 e. The molecule has 0 bridgehead atoms. The number of thiazole rings is 1. The van der Waals surface area contributed by atoms with Gasteiger partial charge in [0.1, 0.15) is 9.93 Å². The number of allylic oxidation sites excluding steroid dienone is 2. The lowest BCUT2D eigenvalue weighted by Gasteiger charge is -2.19. The van der Waals surface area contributed by atoms with Crippen LogP contribution in [0.15, 0.2) is 65.7 Å². The van der Waals surface area contributed by atoms with Crippen LogP contribution in [-0.4, -0.2) is 35.9 Å². The summed E-state index contributed by atoms with van der Waals surface area (Å²) < 4.78 is 30.0. The number of rotatable bonds is 5. The van der Waals surface area contributed by atoms with Crippen LogP contribution in [0.5, 0.6) is 0 Å². The topological polar surface area (TPSA) is 82.9 Å². The van der Waals surface area contributed by atoms with Crippen LogP contribution in [0.3, 0.4) is 0 Å². The van der Waals surface area contributed by atoms with E-state index in [1.54, 1.807) is 37.4 Å². The zero-order chi connectivity index (χ0) is 23.0. The standard InChI is InChI=1S/C21H22N4O3S4/c1-5-15-7-9-16(10-8-15)32(27,28)23-21-24(6-2)18(26)17(31-21)19-25(13(3)14(4)30-19)20-22-11-12-29-20/h7-12H,5-6H2,1-4H3. The van der Waals surface area contributed by atoms with Gasteiger partial charge in [0, 0.05) is 28.7 Å². The van der Waals surface area contributed by atoms with Crippen LogP contribution in [0, 0.1) is 0 Å². The monoisotopic (exact) mass is 506 g/mol. The van der Waals surface area contributed by atoms with Gasteiger partial charge in [-0.25, -0.2) is 4.98 Å². The number of sulfonamides is 1. The SMILES string of the molecule is CCc1ccc(S(=O)(=O)N=C2SC(=C3SC(C)=C(C)N3c3nccs3)C(=O)N2CC)cc1. The molecule has 2 aliphatic rings. The second kappa shape index (κ2) is 9.05. The molecule has 7 nitrogen and oxygen atoms in total. The molecule has 1 amide bonds. The third kappa shape index (κ3) is 4.14. The molecule has 0 saturated carbocycles. The van der Waals surface area contributed by atoms with Crippen molar-refractivity contribution in [3.8, 4) is 0 Å². The molecule has 4 rings (SSSR count). The number of thioether (sulfide) groups is 2. The molecule has 1 aromatic heterocycles. The molecule has 0 aliphatic carbocycles. The van der Waals surface area contributed by atoms with E-state index in [-0.39, 0.29) is 16.0 Å². The lowest BCUT2D eigenvalue weighted by atomic mass is 10.2. The molecule has 1 saturated heterocycles. The van der Waals surface area contributed by atoms with Gasteiger partial charge in [0.05, 0.1) is 4.90 Å². The summed E-state index contributed by atoms with van der Waals surface area (Å²) in [6, 6.07) is 6.68. The average Bonchev–Trinajstić information content (AvgIpc) is 3.47. The lowest BCUT2D eigenvalue weighted by Crippen LogP contribution is -2.30. The molecule has 0 atom stereocenters. The minimum Gasteiger partial charge on any atom is -0.286 e. The number of amides is 1. The molecular formula is C21H22N4O3S4. The molecule has 0 radical (unpaired) electrons. The molecule has 0 N–H and O–H groups in total. The molecule has 11 heteroatoms. The highest BCUT2D eigenvalue weighted by atomic mass is 32.2. The van der Waals surface area contributed by atoms with Crippen molar-refractivity contribution in [2.45, 2.75) is 39.0 Å². The fraction of sp³-hybridized carbons (Fsp3) is 0.286. The van der Waals surface area contributed by atoms with E-state index in [0.29, 0.717) is 11.4 Å². The Kier molecular flexibility index (Phi) is 6.53. The number of nitrogens with zero attached hydrogens (tertiary/aromatic N) is 4. The zero-order valence-electron chi connectivity index (χ0n) is 18.0. The van der Waals surface area contributed by atoms with Crippen molar-refractivity contribution in [3.05, 3.63) is 61.9 Å². The van der Waals surface area contributed by atoms with Gasteiger partial charge in [-0.2, -0.15) is 8.42 Å². The second-order valence-electron chi connectivity index (χ2n) is 7.03. The van der Waals surface area contributed by atoms with E-state index in [4.69, 9.17) is 0 Å². The Hall–Kier alpha value is -2.08. The van der Waals surface area contributed by atoms with Gasteiger partial charge in [-0.15, -0.1) is 15.7 Å². The van der Waals surface area contributed by atoms with Crippen molar-refractivity contribution in [2.75, 3.05) is 11.4 Å². The Bertz CT molecular complexity index is 1250. The van der Waals surface area contributed by atoms with Crippen LogP contribution < -0.4 is 4.90 Å². The van der Waals surface area contributed by atoms with Crippen LogP contribution >= 0.6 is 34.9 Å². The Morgan fingerprint density at radius 1 is 1.09 bits per heavy atom. The maximum atomic E-state index is 13.3. The minimum atomic E-state index is -3.95. The van der Waals surface area contributed by atoms with E-state index in [9.17, 15) is 13.2 Å². The van der Waals surface area contributed by atoms with Gasteiger partial charge in [-0.1, -0.05) is 30.8 Å². The Labute approximate surface area is 200 Å². The van der Waals surface area contributed by atoms with E-state index >= 15 is 0 Å². The number of amidine groups is 1. The van der Waals surface area contributed by atoms with E-state index < -0.39 is 10.0 Å². The molecule has 0 unspecified atom stereocenters. The van der Waals surface area contributed by atoms with Crippen LogP contribution in [0.4, 0.5) is 5.13 Å². The fourth-order valence-corrected chi connectivity index (χ4v) is 7.46. The molecule has 2 aromatic rings. The Morgan fingerprint density at radius 3 is 2.41 bits per heavy atom. The number of likely N-dealkylation sites (N-methyl/N-ethyl adjacent to an activating group) is 1. The quantitative estimate of drug-likeness (QED) is 0.527. The summed E-state index contributed by atoms with van der Waals surface area (Å²) in [6.45, 7) is 8.11. The van der Waals surface area contributed by atoms with Gasteiger partial charge < -0.3 is 0 Å². The van der Waals surface area contributed by atoms with E-state index in [1.165, 1.54) is 28.0 Å². The van der Waals surface area contributed by atoms with Crippen LogP contribution in [0.1, 0.15) is 33.3 Å². The summed E-state index contributed by atoms with van der Waals surface area (Å²) in [5.41, 5.74) is 2.04. The summed E-state index contributed by atoms with van der Waals surface area (Å²) in [5, 5.41) is 3.55. The minimum absolute atomic E-state index is 0.111. The van der Waals surface area contributed by atoms with Crippen molar-refractivity contribution in [1.82, 2.24) is 9.88 Å². The number of aromatic nitrogens is 1. The van der Waals surface area contributed by atoms with Gasteiger partial charge in [-0.05, 0) is 56.7 Å². The second-order valence-corrected chi connectivity index (χ2v) is 11.7. The highest BCUT2D eigenvalue weighted by Crippen LogP contribution is 2.49. The third-order valence-corrected chi connectivity index (χ3v) is 9.64. The van der Waals surface area contributed by atoms with E-state index in [2.05, 4.69) is 9.38 Å². The van der Waals surface area contributed by atoms with E-state index in [0.717, 1.165) is 44.5 Å². The Balaban J connectivity index is 1.74. The summed E-state index contributed by atoms with van der Waals surface area (Å²) in [5.74, 6) is -0.251. The van der Waals surface area contributed by atoms with Gasteiger partial charge in [0.25, 0.3) is 15.9 Å². The number of aryl methyl sites for hydroxylation is 1. The summed E-state index contributed by atoms with van der Waals surface area (Å²) >= 11 is 4.07. The van der Waals surface area contributed by atoms with Crippen LogP contribution in [-0.2, 0) is 21.2 Å². The first-order valence-electron chi connectivity index (χ1n) is 9.99. The number of anilines is 1. The summed E-state index contributed by atoms with van der Waals surface area (Å²) in [7, 11) is -3.95. The van der Waals surface area contributed by atoms with Crippen LogP contribution in [0.2, 0.25) is 0 Å². The maximum Gasteiger partial charge on any atom is 0.284 e. The summed E-state index contributed by atoms with van der Waals surface area (Å²) in [4.78, 5) is 22.7. The number of hydrogen-bond acceptors (Lipinski definition) is 8. The molecule has 32 heavy (non-hydrogen) atoms. The van der Waals surface area contributed by atoms with Crippen molar-refractivity contribution in [1.29, 1.82) is 0 Å². The summed E-state index contributed by atoms with van der Waals surface area (Å²) in [6.07, 6.45) is 2.54. The van der Waals surface area contributed by atoms with Gasteiger partial charge in [-0.3, -0.25) is 14.6 Å². The fourth-order valence-electron chi connectivity index (χ4n) is 3.21. The lowest BCUT2D eigenvalue weighted by molar-refractivity contribution is -0.122. The molecule has 3 heterocycles. The highest BCUT2D eigenvalue weighted by molar-refractivity contribution is 8.20. The first kappa shape index (κ1) is 23.1. The van der Waals surface area contributed by atoms with Crippen molar-refractivity contribution < 1.29 is 13.2 Å². The Morgan fingerprint density at radius 2 is 1.81 bits per heavy atom. The maximum absolute atomic E-state index is 13.3. The van der Waals surface area contributed by atoms with Crippen molar-refractivity contribution in [2.24, 2.45) is 4.40 Å². The molecular weight excluding hydrogens is 485 g/mol. The number of benzene rings is 1. The number of hydrogen-bond donors (Lipinski definition) is 0. The molecule has 168 valence electrons. The zero-order valence-corrected chi connectivity index (χ0v) is 21.3. The molecule has 0 spiro atoms. The number of carbonyl (C=O) groups excluding carboxylic acids is 1. The molecule has 2 aliphatic heterocycles. The van der Waals surface area contributed by atoms with Crippen molar-refractivity contribution >= 4 is 61.1 Å². The highest BCUT2D eigenvalue weighted by Gasteiger charge is 2.40. The third-order valence-electron chi connectivity index (χ3n) is 5.11. The van der Waals surface area contributed by atoms with Gasteiger partial charge in [0.2, 0.25) is 0 Å². The number of carbonyl (C=O) groups is 1. The van der Waals surface area contributed by atoms with Gasteiger partial charge in [0.15, 0.2) is 10.3 Å². The van der Waals surface area contributed by atoms with Gasteiger partial charge >= 0.3 is 0 Å². The normalized spacial score (nSPS) is 20.9. The van der Waals surface area contributed by atoms with Crippen molar-refractivity contribution in [3.63, 3.8) is 0 Å². The molecule has 1 fully saturated rings. The van der Waals surface area contributed by atoms with E-state index in [1.807, 2.05) is 31.1 Å². The van der Waals surface area contributed by atoms with Crippen LogP contribution in [0.25, 0.3) is 0 Å². The average molecular weight is 507 g/mol. The molecule has 1 aromatic carbocycles. The first-order chi connectivity index (χ1) is 15.3. The first-order valence-corrected chi connectivity index (χ1v) is 13.9. The predicted octanol–water partition coefficient (Wildman–Crippen LogP) is 5.02. The predicted molar refractivity (Wildman–Crippen MR) is 133 cm³/mol. The largest absolute Gasteiger partial charge is 0.286 e.